The Morgan fingerprint density at radius 3 is 2.31 bits per heavy atom. The minimum atomic E-state index is -0.945. The highest BCUT2D eigenvalue weighted by Gasteiger charge is 2.54. The van der Waals surface area contributed by atoms with E-state index in [1.54, 1.807) is 32.9 Å². The van der Waals surface area contributed by atoms with E-state index in [9.17, 15) is 18.0 Å². The normalized spacial score (nSPS) is 24.5. The zero-order chi connectivity index (χ0) is 18.8. The van der Waals surface area contributed by atoms with E-state index >= 15 is 0 Å². The van der Waals surface area contributed by atoms with Crippen LogP contribution in [0, 0.1) is 17.5 Å². The van der Waals surface area contributed by atoms with Crippen LogP contribution < -0.4 is 4.90 Å². The van der Waals surface area contributed by atoms with E-state index < -0.39 is 35.0 Å². The van der Waals surface area contributed by atoms with Crippen molar-refractivity contribution >= 4 is 11.6 Å². The van der Waals surface area contributed by atoms with Gasteiger partial charge in [0.05, 0.1) is 23.2 Å². The summed E-state index contributed by atoms with van der Waals surface area (Å²) in [6.45, 7) is 5.24. The Morgan fingerprint density at radius 2 is 1.73 bits per heavy atom. The van der Waals surface area contributed by atoms with Crippen molar-refractivity contribution in [2.75, 3.05) is 4.90 Å². The van der Waals surface area contributed by atoms with Gasteiger partial charge in [0.2, 0.25) is 5.91 Å². The number of fused-ring (bicyclic) bond motifs is 1. The number of epoxide rings is 1. The number of rotatable bonds is 3. The van der Waals surface area contributed by atoms with Crippen LogP contribution in [0.3, 0.4) is 0 Å². The molecule has 6 heteroatoms. The molecule has 0 aromatic heterocycles. The number of carbonyl (C=O) groups is 1. The summed E-state index contributed by atoms with van der Waals surface area (Å²) < 4.78 is 47.9. The zero-order valence-corrected chi connectivity index (χ0v) is 14.6. The van der Waals surface area contributed by atoms with Crippen LogP contribution >= 0.6 is 0 Å². The van der Waals surface area contributed by atoms with Crippen LogP contribution in [0.5, 0.6) is 0 Å². The number of para-hydroxylation sites is 1. The number of carbonyl (C=O) groups excluding carboxylic acids is 1. The standard InChI is InChI=1S/C20H18F3NO2/c1-10-18(26-10)16(11-7-12(21)9-13(22)8-11)24-17-14(5-4-6-15(17)23)20(2,3)19(24)25/h4-10,16,18H,1-3H3/t10?,16-,18+/m0/s1. The topological polar surface area (TPSA) is 32.8 Å². The van der Waals surface area contributed by atoms with Crippen LogP contribution in [0.1, 0.15) is 37.9 Å². The number of hydrogen-bond acceptors (Lipinski definition) is 2. The van der Waals surface area contributed by atoms with Crippen molar-refractivity contribution in [3.63, 3.8) is 0 Å². The lowest BCUT2D eigenvalue weighted by atomic mass is 9.86. The van der Waals surface area contributed by atoms with Crippen LogP contribution in [-0.2, 0) is 14.9 Å². The first-order valence-electron chi connectivity index (χ1n) is 8.46. The maximum Gasteiger partial charge on any atom is 0.237 e. The molecule has 1 saturated heterocycles. The van der Waals surface area contributed by atoms with E-state index in [0.29, 0.717) is 5.56 Å². The Balaban J connectivity index is 1.92. The molecule has 1 unspecified atom stereocenters. The van der Waals surface area contributed by atoms with E-state index in [-0.39, 0.29) is 23.3 Å². The Hall–Kier alpha value is -2.34. The van der Waals surface area contributed by atoms with Gasteiger partial charge in [0.1, 0.15) is 23.6 Å². The van der Waals surface area contributed by atoms with Crippen molar-refractivity contribution < 1.29 is 22.7 Å². The molecule has 0 bridgehead atoms. The van der Waals surface area contributed by atoms with Crippen molar-refractivity contribution in [3.8, 4) is 0 Å². The Bertz CT molecular complexity index is 892. The molecule has 136 valence electrons. The average Bonchev–Trinajstić information content (AvgIpc) is 3.22. The summed E-state index contributed by atoms with van der Waals surface area (Å²) in [4.78, 5) is 14.5. The molecular weight excluding hydrogens is 343 g/mol. The second kappa shape index (κ2) is 5.58. The summed E-state index contributed by atoms with van der Waals surface area (Å²) >= 11 is 0. The van der Waals surface area contributed by atoms with Gasteiger partial charge in [0.25, 0.3) is 0 Å². The summed E-state index contributed by atoms with van der Waals surface area (Å²) in [6.07, 6.45) is -0.653. The van der Waals surface area contributed by atoms with E-state index in [4.69, 9.17) is 4.74 Å². The van der Waals surface area contributed by atoms with Gasteiger partial charge in [-0.15, -0.1) is 0 Å². The van der Waals surface area contributed by atoms with E-state index in [0.717, 1.165) is 6.07 Å². The van der Waals surface area contributed by atoms with Gasteiger partial charge in [-0.05, 0) is 50.1 Å². The number of amides is 1. The third kappa shape index (κ3) is 2.43. The number of nitrogens with zero attached hydrogens (tertiary/aromatic N) is 1. The first kappa shape index (κ1) is 17.1. The second-order valence-electron chi connectivity index (χ2n) is 7.39. The molecule has 0 saturated carbocycles. The molecule has 2 aromatic carbocycles. The van der Waals surface area contributed by atoms with Crippen LogP contribution in [0.15, 0.2) is 36.4 Å². The Kier molecular flexibility index (Phi) is 3.67. The molecule has 0 radical (unpaired) electrons. The Morgan fingerprint density at radius 1 is 1.12 bits per heavy atom. The van der Waals surface area contributed by atoms with Crippen molar-refractivity contribution in [2.24, 2.45) is 0 Å². The van der Waals surface area contributed by atoms with E-state index in [1.165, 1.54) is 23.1 Å². The minimum absolute atomic E-state index is 0.153. The molecule has 3 atom stereocenters. The summed E-state index contributed by atoms with van der Waals surface area (Å²) in [6, 6.07) is 6.84. The zero-order valence-electron chi connectivity index (χ0n) is 14.6. The van der Waals surface area contributed by atoms with E-state index in [2.05, 4.69) is 0 Å². The second-order valence-corrected chi connectivity index (χ2v) is 7.39. The van der Waals surface area contributed by atoms with Crippen LogP contribution in [0.4, 0.5) is 18.9 Å². The number of benzene rings is 2. The quantitative estimate of drug-likeness (QED) is 0.766. The number of anilines is 1. The van der Waals surface area contributed by atoms with Crippen molar-refractivity contribution in [3.05, 3.63) is 65.0 Å². The van der Waals surface area contributed by atoms with Gasteiger partial charge in [-0.2, -0.15) is 0 Å². The third-order valence-electron chi connectivity index (χ3n) is 5.23. The van der Waals surface area contributed by atoms with Crippen molar-refractivity contribution in [1.82, 2.24) is 0 Å². The fraction of sp³-hybridized carbons (Fsp3) is 0.350. The smallest absolute Gasteiger partial charge is 0.237 e. The average molecular weight is 361 g/mol. The lowest BCUT2D eigenvalue weighted by Gasteiger charge is -2.29. The molecule has 2 aliphatic heterocycles. The first-order valence-corrected chi connectivity index (χ1v) is 8.46. The lowest BCUT2D eigenvalue weighted by molar-refractivity contribution is -0.122. The number of ether oxygens (including phenoxy) is 1. The van der Waals surface area contributed by atoms with Crippen molar-refractivity contribution in [2.45, 2.75) is 44.4 Å². The predicted octanol–water partition coefficient (Wildman–Crippen LogP) is 4.26. The molecule has 2 heterocycles. The Labute approximate surface area is 149 Å². The molecule has 1 amide bonds. The highest BCUT2D eigenvalue weighted by molar-refractivity contribution is 6.08. The third-order valence-corrected chi connectivity index (χ3v) is 5.23. The first-order chi connectivity index (χ1) is 12.2. The number of hydrogen-bond donors (Lipinski definition) is 0. The summed E-state index contributed by atoms with van der Waals surface area (Å²) in [5.41, 5.74) is 0.00862. The van der Waals surface area contributed by atoms with Gasteiger partial charge in [-0.25, -0.2) is 13.2 Å². The fourth-order valence-electron chi connectivity index (χ4n) is 3.81. The largest absolute Gasteiger partial charge is 0.367 e. The molecule has 2 aliphatic rings. The lowest BCUT2D eigenvalue weighted by Crippen LogP contribution is -2.41. The van der Waals surface area contributed by atoms with Gasteiger partial charge in [0.15, 0.2) is 0 Å². The molecule has 3 nitrogen and oxygen atoms in total. The van der Waals surface area contributed by atoms with Crippen LogP contribution in [0.25, 0.3) is 0 Å². The highest BCUT2D eigenvalue weighted by Crippen LogP contribution is 2.50. The molecule has 2 aromatic rings. The molecule has 0 spiro atoms. The van der Waals surface area contributed by atoms with Crippen LogP contribution in [0.2, 0.25) is 0 Å². The van der Waals surface area contributed by atoms with Gasteiger partial charge in [-0.3, -0.25) is 9.69 Å². The summed E-state index contributed by atoms with van der Waals surface area (Å²) in [5.74, 6) is -2.37. The van der Waals surface area contributed by atoms with Gasteiger partial charge < -0.3 is 4.74 Å². The molecule has 4 rings (SSSR count). The number of halogens is 3. The maximum absolute atomic E-state index is 14.7. The molecule has 0 N–H and O–H groups in total. The van der Waals surface area contributed by atoms with Crippen LogP contribution in [-0.4, -0.2) is 18.1 Å². The maximum atomic E-state index is 14.7. The molecule has 0 aliphatic carbocycles. The predicted molar refractivity (Wildman–Crippen MR) is 90.3 cm³/mol. The highest BCUT2D eigenvalue weighted by atomic mass is 19.1. The molecule has 1 fully saturated rings. The fourth-order valence-corrected chi connectivity index (χ4v) is 3.81. The van der Waals surface area contributed by atoms with E-state index in [1.807, 2.05) is 0 Å². The van der Waals surface area contributed by atoms with Gasteiger partial charge in [-0.1, -0.05) is 12.1 Å². The molecular formula is C20H18F3NO2. The molecule has 26 heavy (non-hydrogen) atoms. The van der Waals surface area contributed by atoms with Gasteiger partial charge >= 0.3 is 0 Å². The summed E-state index contributed by atoms with van der Waals surface area (Å²) in [5, 5.41) is 0. The van der Waals surface area contributed by atoms with Crippen molar-refractivity contribution in [1.29, 1.82) is 0 Å². The minimum Gasteiger partial charge on any atom is -0.367 e. The SMILES string of the molecule is CC1O[C@H]1[C@H](c1cc(F)cc(F)c1)N1C(=O)C(C)(C)c2cccc(F)c21. The summed E-state index contributed by atoms with van der Waals surface area (Å²) in [7, 11) is 0. The monoisotopic (exact) mass is 361 g/mol. The van der Waals surface area contributed by atoms with Gasteiger partial charge in [0, 0.05) is 6.07 Å².